The molecule has 0 aliphatic rings. The molecule has 8 heteroatoms. The minimum absolute atomic E-state index is 0.361. The van der Waals surface area contributed by atoms with Gasteiger partial charge in [-0.3, -0.25) is 9.10 Å². The summed E-state index contributed by atoms with van der Waals surface area (Å²) in [5.41, 5.74) is 11.3. The number of para-hydroxylation sites is 1. The maximum atomic E-state index is 12.5. The van der Waals surface area contributed by atoms with E-state index in [0.29, 0.717) is 5.69 Å². The normalized spacial score (nSPS) is 11.7. The number of amides is 1. The number of nitrogens with zero attached hydrogens (tertiary/aromatic N) is 3. The monoisotopic (exact) mass is 480 g/mol. The number of hydrogen-bond acceptors (Lipinski definition) is 4. The third-order valence-electron chi connectivity index (χ3n) is 5.99. The molecule has 0 atom stereocenters. The second kappa shape index (κ2) is 9.85. The first-order valence-electron chi connectivity index (χ1n) is 11.0. The molecule has 7 nitrogen and oxygen atoms in total. The molecule has 0 aliphatic carbocycles. The van der Waals surface area contributed by atoms with E-state index in [1.807, 2.05) is 45.9 Å². The molecule has 2 aromatic carbocycles. The predicted octanol–water partition coefficient (Wildman–Crippen LogP) is 4.24. The highest BCUT2D eigenvalue weighted by atomic mass is 32.2. The molecule has 0 aliphatic heterocycles. The van der Waals surface area contributed by atoms with Crippen LogP contribution in [0.15, 0.2) is 47.6 Å². The first kappa shape index (κ1) is 25.2. The fraction of sp³-hybridized carbons (Fsp3) is 0.308. The molecule has 0 saturated heterocycles. The summed E-state index contributed by atoms with van der Waals surface area (Å²) in [5.74, 6) is -0.525. The van der Waals surface area contributed by atoms with Crippen LogP contribution in [0.4, 0.5) is 5.69 Å². The molecule has 0 fully saturated rings. The Kier molecular flexibility index (Phi) is 7.31. The van der Waals surface area contributed by atoms with Crippen molar-refractivity contribution in [3.05, 3.63) is 81.7 Å². The highest BCUT2D eigenvalue weighted by Gasteiger charge is 2.21. The third kappa shape index (κ3) is 5.39. The molecule has 3 rings (SSSR count). The van der Waals surface area contributed by atoms with E-state index in [-0.39, 0.29) is 6.54 Å². The number of aryl methyl sites for hydroxylation is 5. The van der Waals surface area contributed by atoms with Gasteiger partial charge < -0.3 is 4.57 Å². The van der Waals surface area contributed by atoms with Crippen molar-refractivity contribution in [1.29, 1.82) is 0 Å². The summed E-state index contributed by atoms with van der Waals surface area (Å²) in [6.07, 6.45) is 2.67. The molecule has 0 bridgehead atoms. The number of aromatic nitrogens is 1. The SMILES string of the molecule is Cc1ccc(N(CC(=O)N/N=C/c2cc(C)n(-c3c(C)cccc3C)c2C)S(C)(=O)=O)cc1C. The number of rotatable bonds is 7. The van der Waals surface area contributed by atoms with Crippen LogP contribution in [0.25, 0.3) is 5.69 Å². The largest absolute Gasteiger partial charge is 0.317 e. The molecule has 1 aromatic heterocycles. The van der Waals surface area contributed by atoms with Crippen molar-refractivity contribution in [2.45, 2.75) is 41.5 Å². The summed E-state index contributed by atoms with van der Waals surface area (Å²) in [5, 5.41) is 4.10. The van der Waals surface area contributed by atoms with Crippen molar-refractivity contribution in [3.8, 4) is 5.69 Å². The van der Waals surface area contributed by atoms with Crippen LogP contribution < -0.4 is 9.73 Å². The van der Waals surface area contributed by atoms with Gasteiger partial charge in [0.1, 0.15) is 6.54 Å². The molecule has 0 unspecified atom stereocenters. The van der Waals surface area contributed by atoms with Crippen molar-refractivity contribution >= 4 is 27.8 Å². The van der Waals surface area contributed by atoms with Gasteiger partial charge in [0.05, 0.1) is 23.8 Å². The van der Waals surface area contributed by atoms with Crippen molar-refractivity contribution in [1.82, 2.24) is 9.99 Å². The van der Waals surface area contributed by atoms with E-state index in [2.05, 4.69) is 41.1 Å². The molecule has 34 heavy (non-hydrogen) atoms. The van der Waals surface area contributed by atoms with Gasteiger partial charge in [-0.1, -0.05) is 24.3 Å². The highest BCUT2D eigenvalue weighted by Crippen LogP contribution is 2.25. The summed E-state index contributed by atoms with van der Waals surface area (Å²) in [4.78, 5) is 12.5. The average molecular weight is 481 g/mol. The first-order chi connectivity index (χ1) is 15.9. The Morgan fingerprint density at radius 2 is 1.62 bits per heavy atom. The molecule has 3 aromatic rings. The lowest BCUT2D eigenvalue weighted by Gasteiger charge is -2.22. The van der Waals surface area contributed by atoms with Gasteiger partial charge in [0.2, 0.25) is 10.0 Å². The van der Waals surface area contributed by atoms with E-state index in [9.17, 15) is 13.2 Å². The Bertz CT molecular complexity index is 1350. The zero-order valence-electron chi connectivity index (χ0n) is 20.8. The van der Waals surface area contributed by atoms with Gasteiger partial charge >= 0.3 is 0 Å². The Morgan fingerprint density at radius 1 is 0.971 bits per heavy atom. The third-order valence-corrected chi connectivity index (χ3v) is 7.13. The van der Waals surface area contributed by atoms with Gasteiger partial charge in [-0.2, -0.15) is 5.10 Å². The molecule has 1 N–H and O–H groups in total. The number of hydrogen-bond donors (Lipinski definition) is 1. The second-order valence-electron chi connectivity index (χ2n) is 8.73. The zero-order valence-corrected chi connectivity index (χ0v) is 21.6. The lowest BCUT2D eigenvalue weighted by atomic mass is 10.1. The Balaban J connectivity index is 1.79. The molecule has 0 radical (unpaired) electrons. The van der Waals surface area contributed by atoms with Crippen LogP contribution in [0, 0.1) is 41.5 Å². The molecule has 0 spiro atoms. The standard InChI is InChI=1S/C26H32N4O3S/c1-17-11-12-24(13-20(17)4)29(34(7,32)33)16-25(31)28-27-15-23-14-21(5)30(22(23)6)26-18(2)9-8-10-19(26)3/h8-15H,16H2,1-7H3,(H,28,31)/b27-15+. The van der Waals surface area contributed by atoms with Crippen LogP contribution in [0.3, 0.4) is 0 Å². The highest BCUT2D eigenvalue weighted by molar-refractivity contribution is 7.92. The number of sulfonamides is 1. The summed E-state index contributed by atoms with van der Waals surface area (Å²) in [7, 11) is -3.65. The second-order valence-corrected chi connectivity index (χ2v) is 10.6. The van der Waals surface area contributed by atoms with Crippen molar-refractivity contribution in [2.75, 3.05) is 17.1 Å². The van der Waals surface area contributed by atoms with Crippen LogP contribution in [-0.4, -0.2) is 37.9 Å². The Labute approximate surface area is 202 Å². The fourth-order valence-corrected chi connectivity index (χ4v) is 4.89. The van der Waals surface area contributed by atoms with E-state index >= 15 is 0 Å². The van der Waals surface area contributed by atoms with Gasteiger partial charge in [0, 0.05) is 17.0 Å². The Morgan fingerprint density at radius 3 is 2.21 bits per heavy atom. The molecular weight excluding hydrogens is 448 g/mol. The van der Waals surface area contributed by atoms with E-state index in [1.165, 1.54) is 11.1 Å². The summed E-state index contributed by atoms with van der Waals surface area (Å²) in [6, 6.07) is 13.5. The lowest BCUT2D eigenvalue weighted by molar-refractivity contribution is -0.119. The minimum atomic E-state index is -3.65. The van der Waals surface area contributed by atoms with E-state index < -0.39 is 15.9 Å². The average Bonchev–Trinajstić information content (AvgIpc) is 3.01. The van der Waals surface area contributed by atoms with Crippen LogP contribution in [0.5, 0.6) is 0 Å². The number of nitrogens with one attached hydrogen (secondary N) is 1. The first-order valence-corrected chi connectivity index (χ1v) is 12.9. The quantitative estimate of drug-likeness (QED) is 0.405. The number of carbonyl (C=O) groups excluding carboxylic acids is 1. The van der Waals surface area contributed by atoms with Crippen LogP contribution >= 0.6 is 0 Å². The zero-order chi connectivity index (χ0) is 25.2. The molecule has 1 heterocycles. The van der Waals surface area contributed by atoms with Crippen LogP contribution in [0.1, 0.15) is 39.2 Å². The maximum Gasteiger partial charge on any atom is 0.260 e. The molecular formula is C26H32N4O3S. The van der Waals surface area contributed by atoms with E-state index in [4.69, 9.17) is 0 Å². The van der Waals surface area contributed by atoms with Gasteiger partial charge in [-0.25, -0.2) is 13.8 Å². The van der Waals surface area contributed by atoms with Gasteiger partial charge in [0.25, 0.3) is 5.91 Å². The summed E-state index contributed by atoms with van der Waals surface area (Å²) >= 11 is 0. The van der Waals surface area contributed by atoms with Crippen LogP contribution in [-0.2, 0) is 14.8 Å². The smallest absolute Gasteiger partial charge is 0.260 e. The number of benzene rings is 2. The minimum Gasteiger partial charge on any atom is -0.317 e. The van der Waals surface area contributed by atoms with Gasteiger partial charge in [-0.15, -0.1) is 0 Å². The number of carbonyl (C=O) groups is 1. The van der Waals surface area contributed by atoms with Crippen molar-refractivity contribution in [2.24, 2.45) is 5.10 Å². The summed E-state index contributed by atoms with van der Waals surface area (Å²) < 4.78 is 27.9. The topological polar surface area (TPSA) is 83.8 Å². The van der Waals surface area contributed by atoms with E-state index in [0.717, 1.165) is 44.3 Å². The fourth-order valence-electron chi connectivity index (χ4n) is 4.04. The van der Waals surface area contributed by atoms with Crippen molar-refractivity contribution in [3.63, 3.8) is 0 Å². The number of anilines is 1. The van der Waals surface area contributed by atoms with Gasteiger partial charge in [0.15, 0.2) is 0 Å². The predicted molar refractivity (Wildman–Crippen MR) is 139 cm³/mol. The van der Waals surface area contributed by atoms with Crippen molar-refractivity contribution < 1.29 is 13.2 Å². The molecule has 180 valence electrons. The van der Waals surface area contributed by atoms with Gasteiger partial charge in [-0.05, 0) is 82.0 Å². The molecule has 0 saturated carbocycles. The maximum absolute atomic E-state index is 12.5. The molecule has 1 amide bonds. The summed E-state index contributed by atoms with van der Waals surface area (Å²) in [6.45, 7) is 11.7. The Hall–Kier alpha value is -3.39. The number of hydrazone groups is 1. The lowest BCUT2D eigenvalue weighted by Crippen LogP contribution is -2.39. The van der Waals surface area contributed by atoms with Crippen LogP contribution in [0.2, 0.25) is 0 Å². The van der Waals surface area contributed by atoms with E-state index in [1.54, 1.807) is 18.3 Å².